The Morgan fingerprint density at radius 3 is 2.59 bits per heavy atom. The van der Waals surface area contributed by atoms with Crippen LogP contribution in [0, 0.1) is 6.92 Å². The van der Waals surface area contributed by atoms with Crippen LogP contribution in [-0.2, 0) is 6.54 Å². The van der Waals surface area contributed by atoms with Gasteiger partial charge < -0.3 is 4.74 Å². The minimum absolute atomic E-state index is 0.161. The molecule has 4 rings (SSSR count). The lowest BCUT2D eigenvalue weighted by atomic mass is 10.2. The van der Waals surface area contributed by atoms with E-state index in [0.29, 0.717) is 28.0 Å². The van der Waals surface area contributed by atoms with Crippen molar-refractivity contribution in [3.8, 4) is 5.75 Å². The van der Waals surface area contributed by atoms with Gasteiger partial charge in [0.25, 0.3) is 5.91 Å². The van der Waals surface area contributed by atoms with Gasteiger partial charge in [-0.25, -0.2) is 4.98 Å². The number of hydrogen-bond donors (Lipinski definition) is 0. The third kappa shape index (κ3) is 3.95. The lowest BCUT2D eigenvalue weighted by molar-refractivity contribution is 0.0985. The van der Waals surface area contributed by atoms with Crippen LogP contribution in [0.4, 0.5) is 5.13 Å². The molecule has 4 aromatic rings. The minimum Gasteiger partial charge on any atom is -0.497 e. The molecule has 2 aromatic carbocycles. The molecule has 0 spiro atoms. The van der Waals surface area contributed by atoms with E-state index in [1.807, 2.05) is 37.3 Å². The number of carbonyl (C=O) groups is 1. The Bertz CT molecular complexity index is 1120. The van der Waals surface area contributed by atoms with Crippen LogP contribution in [0.2, 0.25) is 5.02 Å². The Balaban J connectivity index is 1.78. The average molecular weight is 424 g/mol. The summed E-state index contributed by atoms with van der Waals surface area (Å²) in [6.07, 6.45) is 1.71. The summed E-state index contributed by atoms with van der Waals surface area (Å²) in [7, 11) is 1.59. The molecule has 0 aliphatic rings. The minimum atomic E-state index is -0.161. The molecule has 2 heterocycles. The molecule has 0 radical (unpaired) electrons. The summed E-state index contributed by atoms with van der Waals surface area (Å²) in [6.45, 7) is 2.29. The van der Waals surface area contributed by atoms with Crippen LogP contribution >= 0.6 is 22.9 Å². The van der Waals surface area contributed by atoms with Crippen LogP contribution in [0.5, 0.6) is 5.75 Å². The lowest BCUT2D eigenvalue weighted by Crippen LogP contribution is -2.30. The lowest BCUT2D eigenvalue weighted by Gasteiger charge is -2.19. The topological polar surface area (TPSA) is 55.3 Å². The van der Waals surface area contributed by atoms with Crippen LogP contribution in [-0.4, -0.2) is 23.0 Å². The molecule has 0 saturated carbocycles. The van der Waals surface area contributed by atoms with E-state index >= 15 is 0 Å². The maximum atomic E-state index is 13.4. The fraction of sp³-hybridized carbons (Fsp3) is 0.136. The van der Waals surface area contributed by atoms with Gasteiger partial charge in [0.2, 0.25) is 0 Å². The Morgan fingerprint density at radius 1 is 1.14 bits per heavy atom. The van der Waals surface area contributed by atoms with Crippen molar-refractivity contribution < 1.29 is 9.53 Å². The predicted molar refractivity (Wildman–Crippen MR) is 117 cm³/mol. The molecule has 0 bridgehead atoms. The van der Waals surface area contributed by atoms with Gasteiger partial charge in [0.05, 0.1) is 34.6 Å². The van der Waals surface area contributed by atoms with E-state index in [9.17, 15) is 4.79 Å². The van der Waals surface area contributed by atoms with Gasteiger partial charge in [-0.1, -0.05) is 35.1 Å². The zero-order chi connectivity index (χ0) is 20.4. The molecule has 0 fully saturated rings. The van der Waals surface area contributed by atoms with E-state index < -0.39 is 0 Å². The van der Waals surface area contributed by atoms with E-state index in [4.69, 9.17) is 21.3 Å². The van der Waals surface area contributed by atoms with Crippen molar-refractivity contribution in [2.75, 3.05) is 12.0 Å². The molecule has 0 aliphatic heterocycles. The number of thiazole rings is 1. The van der Waals surface area contributed by atoms with E-state index in [-0.39, 0.29) is 5.91 Å². The van der Waals surface area contributed by atoms with Crippen LogP contribution in [0.1, 0.15) is 21.6 Å². The van der Waals surface area contributed by atoms with Crippen molar-refractivity contribution in [2.45, 2.75) is 13.5 Å². The van der Waals surface area contributed by atoms with Crippen molar-refractivity contribution in [3.05, 3.63) is 82.6 Å². The summed E-state index contributed by atoms with van der Waals surface area (Å²) in [5.74, 6) is 0.534. The number of halogens is 1. The highest BCUT2D eigenvalue weighted by atomic mass is 35.5. The van der Waals surface area contributed by atoms with E-state index in [0.717, 1.165) is 21.5 Å². The smallest absolute Gasteiger partial charge is 0.260 e. The number of hydrogen-bond acceptors (Lipinski definition) is 5. The zero-order valence-electron chi connectivity index (χ0n) is 15.9. The van der Waals surface area contributed by atoms with Crippen molar-refractivity contribution in [2.24, 2.45) is 0 Å². The average Bonchev–Trinajstić information content (AvgIpc) is 3.21. The third-order valence-electron chi connectivity index (χ3n) is 4.55. The molecule has 5 nitrogen and oxygen atoms in total. The Labute approximate surface area is 177 Å². The number of nitrogens with zero attached hydrogens (tertiary/aromatic N) is 3. The molecular weight excluding hydrogens is 406 g/mol. The van der Waals surface area contributed by atoms with Gasteiger partial charge in [0, 0.05) is 11.8 Å². The predicted octanol–water partition coefficient (Wildman–Crippen LogP) is 5.51. The van der Waals surface area contributed by atoms with Crippen LogP contribution < -0.4 is 9.64 Å². The first-order valence-electron chi connectivity index (χ1n) is 8.98. The number of pyridine rings is 1. The molecule has 0 unspecified atom stereocenters. The number of carbonyl (C=O) groups excluding carboxylic acids is 1. The van der Waals surface area contributed by atoms with Crippen LogP contribution in [0.15, 0.2) is 60.8 Å². The van der Waals surface area contributed by atoms with Crippen molar-refractivity contribution in [3.63, 3.8) is 0 Å². The first-order valence-corrected chi connectivity index (χ1v) is 10.2. The second-order valence-electron chi connectivity index (χ2n) is 6.48. The highest BCUT2D eigenvalue weighted by molar-refractivity contribution is 7.23. The first kappa shape index (κ1) is 19.4. The normalized spacial score (nSPS) is 10.9. The summed E-state index contributed by atoms with van der Waals surface area (Å²) in [5.41, 5.74) is 3.15. The number of rotatable bonds is 5. The number of aromatic nitrogens is 2. The number of fused-ring (bicyclic) bond motifs is 1. The van der Waals surface area contributed by atoms with E-state index in [1.165, 1.54) is 11.3 Å². The Morgan fingerprint density at radius 2 is 1.93 bits per heavy atom. The molecule has 7 heteroatoms. The fourth-order valence-corrected chi connectivity index (χ4v) is 4.29. The number of methoxy groups -OCH3 is 1. The molecule has 0 atom stereocenters. The van der Waals surface area contributed by atoms with Crippen LogP contribution in [0.25, 0.3) is 10.2 Å². The number of anilines is 1. The zero-order valence-corrected chi connectivity index (χ0v) is 17.5. The van der Waals surface area contributed by atoms with Gasteiger partial charge >= 0.3 is 0 Å². The fourth-order valence-electron chi connectivity index (χ4n) is 2.98. The molecule has 2 aromatic heterocycles. The Hall–Kier alpha value is -2.96. The molecule has 0 N–H and O–H groups in total. The number of aryl methyl sites for hydroxylation is 1. The molecular formula is C22H18ClN3O2S. The van der Waals surface area contributed by atoms with Crippen molar-refractivity contribution >= 4 is 44.2 Å². The quantitative estimate of drug-likeness (QED) is 0.424. The molecule has 1 amide bonds. The monoisotopic (exact) mass is 423 g/mol. The van der Waals surface area contributed by atoms with E-state index in [2.05, 4.69) is 4.98 Å². The summed E-state index contributed by atoms with van der Waals surface area (Å²) >= 11 is 7.78. The van der Waals surface area contributed by atoms with Gasteiger partial charge in [-0.2, -0.15) is 0 Å². The van der Waals surface area contributed by atoms with Gasteiger partial charge in [0.15, 0.2) is 5.13 Å². The number of benzene rings is 2. The van der Waals surface area contributed by atoms with Gasteiger partial charge in [0.1, 0.15) is 5.75 Å². The number of ether oxygens (including phenoxy) is 1. The van der Waals surface area contributed by atoms with Crippen molar-refractivity contribution in [1.29, 1.82) is 0 Å². The van der Waals surface area contributed by atoms with Gasteiger partial charge in [-0.05, 0) is 55.0 Å². The number of amides is 1. The summed E-state index contributed by atoms with van der Waals surface area (Å²) in [4.78, 5) is 24.1. The highest BCUT2D eigenvalue weighted by Gasteiger charge is 2.23. The van der Waals surface area contributed by atoms with E-state index in [1.54, 1.807) is 42.5 Å². The maximum absolute atomic E-state index is 13.4. The third-order valence-corrected chi connectivity index (χ3v) is 6.08. The van der Waals surface area contributed by atoms with Crippen molar-refractivity contribution in [1.82, 2.24) is 9.97 Å². The first-order chi connectivity index (χ1) is 14.1. The standard InChI is InChI=1S/C22H18ClN3O2S/c1-14-6-11-18(23)20-19(14)25-22(29-20)26(13-16-5-3-4-12-24-16)21(27)15-7-9-17(28-2)10-8-15/h3-12H,13H2,1-2H3. The second kappa shape index (κ2) is 8.19. The summed E-state index contributed by atoms with van der Waals surface area (Å²) < 4.78 is 6.07. The SMILES string of the molecule is COc1ccc(C(=O)N(Cc2ccccn2)c2nc3c(C)ccc(Cl)c3s2)cc1. The summed E-state index contributed by atoms with van der Waals surface area (Å²) in [6, 6.07) is 16.5. The largest absolute Gasteiger partial charge is 0.497 e. The highest BCUT2D eigenvalue weighted by Crippen LogP contribution is 2.36. The maximum Gasteiger partial charge on any atom is 0.260 e. The summed E-state index contributed by atoms with van der Waals surface area (Å²) in [5, 5.41) is 1.21. The molecule has 0 aliphatic carbocycles. The molecule has 0 saturated heterocycles. The van der Waals surface area contributed by atoms with Gasteiger partial charge in [-0.3, -0.25) is 14.7 Å². The second-order valence-corrected chi connectivity index (χ2v) is 7.86. The van der Waals surface area contributed by atoms with Crippen LogP contribution in [0.3, 0.4) is 0 Å². The Kier molecular flexibility index (Phi) is 5.47. The molecule has 29 heavy (non-hydrogen) atoms. The molecule has 146 valence electrons. The van der Waals surface area contributed by atoms with Gasteiger partial charge in [-0.15, -0.1) is 0 Å².